The van der Waals surface area contributed by atoms with Gasteiger partial charge in [0.25, 0.3) is 5.91 Å². The molecule has 0 aliphatic carbocycles. The highest BCUT2D eigenvalue weighted by Crippen LogP contribution is 2.34. The van der Waals surface area contributed by atoms with E-state index in [0.29, 0.717) is 25.1 Å². The molecule has 1 saturated heterocycles. The Labute approximate surface area is 123 Å². The Morgan fingerprint density at radius 2 is 2.00 bits per heavy atom. The van der Waals surface area contributed by atoms with Crippen molar-refractivity contribution in [1.29, 1.82) is 0 Å². The SMILES string of the molecule is CCc1cc(C(=O)N2CCCCC2)c(OC)c([N+](=O)[O-])c1. The molecule has 6 heteroatoms. The van der Waals surface area contributed by atoms with E-state index in [1.807, 2.05) is 6.92 Å². The van der Waals surface area contributed by atoms with Crippen molar-refractivity contribution < 1.29 is 14.5 Å². The molecule has 2 rings (SSSR count). The zero-order chi connectivity index (χ0) is 15.4. The third-order valence-electron chi connectivity index (χ3n) is 3.81. The first-order valence-electron chi connectivity index (χ1n) is 7.23. The number of piperidine rings is 1. The molecule has 6 nitrogen and oxygen atoms in total. The van der Waals surface area contributed by atoms with Gasteiger partial charge in [-0.2, -0.15) is 0 Å². The number of hydrogen-bond acceptors (Lipinski definition) is 4. The number of amides is 1. The minimum Gasteiger partial charge on any atom is -0.490 e. The summed E-state index contributed by atoms with van der Waals surface area (Å²) in [6, 6.07) is 3.19. The Morgan fingerprint density at radius 1 is 1.33 bits per heavy atom. The van der Waals surface area contributed by atoms with Crippen LogP contribution in [0.5, 0.6) is 5.75 Å². The molecular formula is C15H20N2O4. The van der Waals surface area contributed by atoms with Crippen LogP contribution in [0, 0.1) is 10.1 Å². The molecule has 1 amide bonds. The van der Waals surface area contributed by atoms with Crippen LogP contribution in [0.1, 0.15) is 42.1 Å². The van der Waals surface area contributed by atoms with E-state index >= 15 is 0 Å². The first-order chi connectivity index (χ1) is 10.1. The molecule has 0 radical (unpaired) electrons. The highest BCUT2D eigenvalue weighted by molar-refractivity contribution is 5.98. The van der Waals surface area contributed by atoms with Gasteiger partial charge in [0.1, 0.15) is 0 Å². The molecular weight excluding hydrogens is 272 g/mol. The van der Waals surface area contributed by atoms with Crippen LogP contribution in [-0.4, -0.2) is 35.9 Å². The van der Waals surface area contributed by atoms with Crippen LogP contribution in [-0.2, 0) is 6.42 Å². The van der Waals surface area contributed by atoms with Gasteiger partial charge in [-0.1, -0.05) is 6.92 Å². The lowest BCUT2D eigenvalue weighted by atomic mass is 10.0. The van der Waals surface area contributed by atoms with E-state index in [-0.39, 0.29) is 17.3 Å². The summed E-state index contributed by atoms with van der Waals surface area (Å²) in [6.07, 6.45) is 3.70. The topological polar surface area (TPSA) is 72.7 Å². The van der Waals surface area contributed by atoms with Crippen LogP contribution < -0.4 is 4.74 Å². The summed E-state index contributed by atoms with van der Waals surface area (Å²) < 4.78 is 5.16. The molecule has 0 aromatic heterocycles. The molecule has 0 spiro atoms. The number of rotatable bonds is 4. The number of nitro benzene ring substituents is 1. The number of aryl methyl sites for hydroxylation is 1. The summed E-state index contributed by atoms with van der Waals surface area (Å²) in [5.41, 5.74) is 0.922. The summed E-state index contributed by atoms with van der Waals surface area (Å²) >= 11 is 0. The second-order valence-corrected chi connectivity index (χ2v) is 5.16. The minimum absolute atomic E-state index is 0.0628. The molecule has 1 aliphatic heterocycles. The number of likely N-dealkylation sites (tertiary alicyclic amines) is 1. The Hall–Kier alpha value is -2.11. The van der Waals surface area contributed by atoms with Gasteiger partial charge in [-0.25, -0.2) is 0 Å². The molecule has 0 atom stereocenters. The molecule has 1 aromatic carbocycles. The average Bonchev–Trinajstić information content (AvgIpc) is 2.53. The smallest absolute Gasteiger partial charge is 0.312 e. The van der Waals surface area contributed by atoms with Gasteiger partial charge in [0.2, 0.25) is 5.75 Å². The van der Waals surface area contributed by atoms with Gasteiger partial charge < -0.3 is 9.64 Å². The van der Waals surface area contributed by atoms with E-state index in [2.05, 4.69) is 0 Å². The molecule has 0 unspecified atom stereocenters. The number of benzene rings is 1. The Kier molecular flexibility index (Phi) is 4.77. The third-order valence-corrected chi connectivity index (χ3v) is 3.81. The van der Waals surface area contributed by atoms with Gasteiger partial charge in [-0.3, -0.25) is 14.9 Å². The van der Waals surface area contributed by atoms with Crippen molar-refractivity contribution in [3.05, 3.63) is 33.4 Å². The second kappa shape index (κ2) is 6.56. The second-order valence-electron chi connectivity index (χ2n) is 5.16. The van der Waals surface area contributed by atoms with Crippen LogP contribution in [0.3, 0.4) is 0 Å². The molecule has 21 heavy (non-hydrogen) atoms. The quantitative estimate of drug-likeness (QED) is 0.632. The lowest BCUT2D eigenvalue weighted by Gasteiger charge is -2.27. The maximum atomic E-state index is 12.6. The van der Waals surface area contributed by atoms with E-state index in [4.69, 9.17) is 4.74 Å². The number of methoxy groups -OCH3 is 1. The van der Waals surface area contributed by atoms with E-state index < -0.39 is 4.92 Å². The average molecular weight is 292 g/mol. The molecule has 1 aromatic rings. The molecule has 114 valence electrons. The lowest BCUT2D eigenvalue weighted by molar-refractivity contribution is -0.385. The number of hydrogen-bond donors (Lipinski definition) is 0. The van der Waals surface area contributed by atoms with E-state index in [1.54, 1.807) is 11.0 Å². The predicted molar refractivity (Wildman–Crippen MR) is 78.8 cm³/mol. The summed E-state index contributed by atoms with van der Waals surface area (Å²) in [5, 5.41) is 11.2. The summed E-state index contributed by atoms with van der Waals surface area (Å²) in [7, 11) is 1.36. The zero-order valence-electron chi connectivity index (χ0n) is 12.4. The van der Waals surface area contributed by atoms with Crippen molar-refractivity contribution in [3.63, 3.8) is 0 Å². The fraction of sp³-hybridized carbons (Fsp3) is 0.533. The summed E-state index contributed by atoms with van der Waals surface area (Å²) in [4.78, 5) is 25.1. The van der Waals surface area contributed by atoms with Gasteiger partial charge in [-0.15, -0.1) is 0 Å². The van der Waals surface area contributed by atoms with E-state index in [1.165, 1.54) is 13.2 Å². The van der Waals surface area contributed by atoms with Crippen molar-refractivity contribution in [1.82, 2.24) is 4.90 Å². The maximum Gasteiger partial charge on any atom is 0.312 e. The highest BCUT2D eigenvalue weighted by atomic mass is 16.6. The van der Waals surface area contributed by atoms with Crippen LogP contribution in [0.4, 0.5) is 5.69 Å². The van der Waals surface area contributed by atoms with Crippen LogP contribution in [0.15, 0.2) is 12.1 Å². The van der Waals surface area contributed by atoms with Crippen molar-refractivity contribution in [2.75, 3.05) is 20.2 Å². The molecule has 1 aliphatic rings. The van der Waals surface area contributed by atoms with E-state index in [9.17, 15) is 14.9 Å². The largest absolute Gasteiger partial charge is 0.490 e. The Morgan fingerprint density at radius 3 is 2.52 bits per heavy atom. The number of nitrogens with zero attached hydrogens (tertiary/aromatic N) is 2. The number of carbonyl (C=O) groups is 1. The van der Waals surface area contributed by atoms with Crippen molar-refractivity contribution in [3.8, 4) is 5.75 Å². The molecule has 0 bridgehead atoms. The van der Waals surface area contributed by atoms with Gasteiger partial charge in [0.15, 0.2) is 0 Å². The monoisotopic (exact) mass is 292 g/mol. The van der Waals surface area contributed by atoms with Gasteiger partial charge >= 0.3 is 5.69 Å². The van der Waals surface area contributed by atoms with Gasteiger partial charge in [-0.05, 0) is 37.3 Å². The third kappa shape index (κ3) is 3.15. The fourth-order valence-corrected chi connectivity index (χ4v) is 2.65. The summed E-state index contributed by atoms with van der Waals surface area (Å²) in [5.74, 6) is -0.113. The lowest BCUT2D eigenvalue weighted by Crippen LogP contribution is -2.35. The standard InChI is InChI=1S/C15H20N2O4/c1-3-11-9-12(14(21-2)13(10-11)17(19)20)15(18)16-7-5-4-6-8-16/h9-10H,3-8H2,1-2H3. The van der Waals surface area contributed by atoms with Crippen LogP contribution in [0.25, 0.3) is 0 Å². The number of nitro groups is 1. The highest BCUT2D eigenvalue weighted by Gasteiger charge is 2.27. The number of ether oxygens (including phenoxy) is 1. The zero-order valence-corrected chi connectivity index (χ0v) is 12.4. The maximum absolute atomic E-state index is 12.6. The Bertz CT molecular complexity index is 551. The van der Waals surface area contributed by atoms with Crippen molar-refractivity contribution >= 4 is 11.6 Å². The molecule has 1 heterocycles. The molecule has 0 saturated carbocycles. The van der Waals surface area contributed by atoms with E-state index in [0.717, 1.165) is 24.8 Å². The first-order valence-corrected chi connectivity index (χ1v) is 7.23. The normalized spacial score (nSPS) is 14.9. The van der Waals surface area contributed by atoms with Gasteiger partial charge in [0.05, 0.1) is 17.6 Å². The summed E-state index contributed by atoms with van der Waals surface area (Å²) in [6.45, 7) is 3.30. The fourth-order valence-electron chi connectivity index (χ4n) is 2.65. The first kappa shape index (κ1) is 15.3. The van der Waals surface area contributed by atoms with Crippen molar-refractivity contribution in [2.45, 2.75) is 32.6 Å². The number of carbonyl (C=O) groups excluding carboxylic acids is 1. The van der Waals surface area contributed by atoms with Crippen LogP contribution >= 0.6 is 0 Å². The molecule has 1 fully saturated rings. The molecule has 0 N–H and O–H groups in total. The Balaban J connectivity index is 2.47. The van der Waals surface area contributed by atoms with Crippen LogP contribution in [0.2, 0.25) is 0 Å². The van der Waals surface area contributed by atoms with Gasteiger partial charge in [0, 0.05) is 19.2 Å². The van der Waals surface area contributed by atoms with Crippen molar-refractivity contribution in [2.24, 2.45) is 0 Å². The minimum atomic E-state index is -0.495. The predicted octanol–water partition coefficient (Wildman–Crippen LogP) is 2.79.